The van der Waals surface area contributed by atoms with Gasteiger partial charge in [-0.1, -0.05) is 44.2 Å². The van der Waals surface area contributed by atoms with Crippen molar-refractivity contribution in [2.75, 3.05) is 14.2 Å². The van der Waals surface area contributed by atoms with E-state index in [0.717, 1.165) is 28.2 Å². The van der Waals surface area contributed by atoms with Crippen LogP contribution in [0, 0.1) is 0 Å². The number of ether oxygens (including phenoxy) is 2. The van der Waals surface area contributed by atoms with Crippen LogP contribution in [0.25, 0.3) is 11.1 Å². The molecule has 0 amide bonds. The zero-order valence-electron chi connectivity index (χ0n) is 11.9. The summed E-state index contributed by atoms with van der Waals surface area (Å²) < 4.78 is 11.1. The molecule has 2 nitrogen and oxygen atoms in total. The van der Waals surface area contributed by atoms with E-state index in [9.17, 15) is 0 Å². The fourth-order valence-corrected chi connectivity index (χ4v) is 2.31. The van der Waals surface area contributed by atoms with E-state index in [1.165, 1.54) is 0 Å². The van der Waals surface area contributed by atoms with Crippen molar-refractivity contribution >= 4 is 0 Å². The van der Waals surface area contributed by atoms with Crippen molar-refractivity contribution in [3.63, 3.8) is 0 Å². The summed E-state index contributed by atoms with van der Waals surface area (Å²) >= 11 is 0. The lowest BCUT2D eigenvalue weighted by Crippen LogP contribution is -1.99. The Kier molecular flexibility index (Phi) is 4.10. The minimum absolute atomic E-state index is 0.356. The van der Waals surface area contributed by atoms with Gasteiger partial charge in [-0.25, -0.2) is 0 Å². The van der Waals surface area contributed by atoms with Crippen molar-refractivity contribution in [2.45, 2.75) is 19.8 Å². The summed E-state index contributed by atoms with van der Waals surface area (Å²) in [7, 11) is 3.41. The summed E-state index contributed by atoms with van der Waals surface area (Å²) in [6, 6.07) is 14.4. The first-order valence-electron chi connectivity index (χ1n) is 6.48. The second kappa shape index (κ2) is 5.79. The third-order valence-corrected chi connectivity index (χ3v) is 3.23. The van der Waals surface area contributed by atoms with E-state index >= 15 is 0 Å². The van der Waals surface area contributed by atoms with Crippen molar-refractivity contribution in [2.24, 2.45) is 0 Å². The molecule has 0 aliphatic rings. The minimum Gasteiger partial charge on any atom is -0.496 e. The zero-order valence-corrected chi connectivity index (χ0v) is 11.9. The van der Waals surface area contributed by atoms with Crippen molar-refractivity contribution in [1.29, 1.82) is 0 Å². The lowest BCUT2D eigenvalue weighted by Gasteiger charge is -2.18. The van der Waals surface area contributed by atoms with E-state index < -0.39 is 0 Å². The van der Waals surface area contributed by atoms with Crippen LogP contribution < -0.4 is 9.47 Å². The molecule has 0 bridgehead atoms. The van der Waals surface area contributed by atoms with Gasteiger partial charge in [0, 0.05) is 5.56 Å². The molecule has 0 fully saturated rings. The monoisotopic (exact) mass is 256 g/mol. The lowest BCUT2D eigenvalue weighted by molar-refractivity contribution is 0.382. The normalized spacial score (nSPS) is 10.6. The second-order valence-corrected chi connectivity index (χ2v) is 4.82. The summed E-state index contributed by atoms with van der Waals surface area (Å²) in [5, 5.41) is 0. The van der Waals surface area contributed by atoms with Crippen LogP contribution in [0.4, 0.5) is 0 Å². The predicted molar refractivity (Wildman–Crippen MR) is 79.1 cm³/mol. The van der Waals surface area contributed by atoms with Gasteiger partial charge in [0.15, 0.2) is 0 Å². The van der Waals surface area contributed by atoms with Gasteiger partial charge in [0.1, 0.15) is 11.5 Å². The number of hydrogen-bond acceptors (Lipinski definition) is 2. The van der Waals surface area contributed by atoms with E-state index in [-0.39, 0.29) is 0 Å². The Hall–Kier alpha value is -1.96. The van der Waals surface area contributed by atoms with Crippen molar-refractivity contribution < 1.29 is 9.47 Å². The summed E-state index contributed by atoms with van der Waals surface area (Å²) in [6.07, 6.45) is 0. The molecule has 2 aromatic carbocycles. The van der Waals surface area contributed by atoms with E-state index in [4.69, 9.17) is 9.47 Å². The van der Waals surface area contributed by atoms with Gasteiger partial charge in [0.2, 0.25) is 0 Å². The molecule has 0 unspecified atom stereocenters. The van der Waals surface area contributed by atoms with Crippen LogP contribution in [0.3, 0.4) is 0 Å². The molecule has 0 aliphatic heterocycles. The highest BCUT2D eigenvalue weighted by atomic mass is 16.5. The molecule has 0 spiro atoms. The van der Waals surface area contributed by atoms with Gasteiger partial charge < -0.3 is 9.47 Å². The summed E-state index contributed by atoms with van der Waals surface area (Å²) in [5.74, 6) is 2.12. The highest BCUT2D eigenvalue weighted by Crippen LogP contribution is 2.39. The predicted octanol–water partition coefficient (Wildman–Crippen LogP) is 4.49. The van der Waals surface area contributed by atoms with E-state index in [1.807, 2.05) is 18.2 Å². The molecular weight excluding hydrogens is 236 g/mol. The molecule has 0 heterocycles. The molecule has 2 aromatic rings. The van der Waals surface area contributed by atoms with E-state index in [1.54, 1.807) is 14.2 Å². The Morgan fingerprint density at radius 2 is 1.32 bits per heavy atom. The topological polar surface area (TPSA) is 18.5 Å². The Bertz CT molecular complexity index is 519. The van der Waals surface area contributed by atoms with Crippen LogP contribution in [0.2, 0.25) is 0 Å². The number of methoxy groups -OCH3 is 2. The van der Waals surface area contributed by atoms with Gasteiger partial charge in [-0.2, -0.15) is 0 Å². The van der Waals surface area contributed by atoms with Crippen LogP contribution in [0.15, 0.2) is 42.5 Å². The molecule has 0 saturated carbocycles. The average molecular weight is 256 g/mol. The maximum atomic E-state index is 5.53. The first-order valence-corrected chi connectivity index (χ1v) is 6.48. The highest BCUT2D eigenvalue weighted by Gasteiger charge is 2.16. The van der Waals surface area contributed by atoms with Gasteiger partial charge in [-0.3, -0.25) is 0 Å². The molecule has 100 valence electrons. The summed E-state index contributed by atoms with van der Waals surface area (Å²) in [6.45, 7) is 4.28. The van der Waals surface area contributed by atoms with Gasteiger partial charge in [0.25, 0.3) is 0 Å². The first-order chi connectivity index (χ1) is 9.17. The maximum Gasteiger partial charge on any atom is 0.126 e. The minimum atomic E-state index is 0.356. The van der Waals surface area contributed by atoms with Crippen LogP contribution in [-0.4, -0.2) is 14.2 Å². The number of benzene rings is 2. The molecule has 0 radical (unpaired) electrons. The third kappa shape index (κ3) is 2.73. The zero-order chi connectivity index (χ0) is 13.8. The largest absolute Gasteiger partial charge is 0.496 e. The van der Waals surface area contributed by atoms with Gasteiger partial charge in [-0.15, -0.1) is 0 Å². The molecule has 0 atom stereocenters. The van der Waals surface area contributed by atoms with E-state index in [2.05, 4.69) is 38.1 Å². The van der Waals surface area contributed by atoms with Crippen molar-refractivity contribution in [1.82, 2.24) is 0 Å². The highest BCUT2D eigenvalue weighted by molar-refractivity contribution is 5.69. The van der Waals surface area contributed by atoms with Crippen LogP contribution in [-0.2, 0) is 0 Å². The Morgan fingerprint density at radius 1 is 0.789 bits per heavy atom. The Morgan fingerprint density at radius 3 is 1.74 bits per heavy atom. The Labute approximate surface area is 115 Å². The SMILES string of the molecule is COc1cc(-c2ccccc2)cc(OC)c1C(C)C. The standard InChI is InChI=1S/C17H20O2/c1-12(2)17-15(18-3)10-14(11-16(17)19-4)13-8-6-5-7-9-13/h5-12H,1-4H3. The number of rotatable bonds is 4. The van der Waals surface area contributed by atoms with Crippen LogP contribution in [0.1, 0.15) is 25.3 Å². The maximum absolute atomic E-state index is 5.53. The molecule has 2 heteroatoms. The van der Waals surface area contributed by atoms with Crippen LogP contribution in [0.5, 0.6) is 11.5 Å². The van der Waals surface area contributed by atoms with Gasteiger partial charge >= 0.3 is 0 Å². The quantitative estimate of drug-likeness (QED) is 0.802. The summed E-state index contributed by atoms with van der Waals surface area (Å²) in [4.78, 5) is 0. The number of hydrogen-bond donors (Lipinski definition) is 0. The summed E-state index contributed by atoms with van der Waals surface area (Å²) in [5.41, 5.74) is 3.39. The molecule has 0 N–H and O–H groups in total. The first kappa shape index (κ1) is 13.5. The molecule has 19 heavy (non-hydrogen) atoms. The molecule has 2 rings (SSSR count). The lowest BCUT2D eigenvalue weighted by atomic mass is 9.96. The average Bonchev–Trinajstić information content (AvgIpc) is 2.46. The molecule has 0 aliphatic carbocycles. The smallest absolute Gasteiger partial charge is 0.126 e. The van der Waals surface area contributed by atoms with Crippen LogP contribution >= 0.6 is 0 Å². The molecule has 0 saturated heterocycles. The van der Waals surface area contributed by atoms with Gasteiger partial charge in [0.05, 0.1) is 14.2 Å². The second-order valence-electron chi connectivity index (χ2n) is 4.82. The van der Waals surface area contributed by atoms with Gasteiger partial charge in [-0.05, 0) is 29.2 Å². The molecular formula is C17H20O2. The van der Waals surface area contributed by atoms with Crippen molar-refractivity contribution in [3.05, 3.63) is 48.0 Å². The van der Waals surface area contributed by atoms with E-state index in [0.29, 0.717) is 5.92 Å². The fourth-order valence-electron chi connectivity index (χ4n) is 2.31. The fraction of sp³-hybridized carbons (Fsp3) is 0.294. The third-order valence-electron chi connectivity index (χ3n) is 3.23. The van der Waals surface area contributed by atoms with Crippen molar-refractivity contribution in [3.8, 4) is 22.6 Å². The molecule has 0 aromatic heterocycles. The Balaban J connectivity index is 2.60.